The number of piperidine rings is 1. The maximum atomic E-state index is 4.39. The minimum Gasteiger partial charge on any atom is -0.317 e. The number of hydrogen-bond acceptors (Lipinski definition) is 2. The van der Waals surface area contributed by atoms with Crippen LogP contribution in [-0.2, 0) is 0 Å². The summed E-state index contributed by atoms with van der Waals surface area (Å²) in [5, 5.41) is 7.79. The molecule has 0 unspecified atom stereocenters. The molecule has 1 fully saturated rings. The van der Waals surface area contributed by atoms with Gasteiger partial charge in [0.2, 0.25) is 0 Å². The second-order valence-electron chi connectivity index (χ2n) is 4.14. The summed E-state index contributed by atoms with van der Waals surface area (Å²) in [6.07, 6.45) is 4.32. The topological polar surface area (TPSA) is 29.3 Å². The molecule has 0 aliphatic carbocycles. The van der Waals surface area contributed by atoms with Crippen LogP contribution in [0.15, 0.2) is 30.5 Å². The van der Waals surface area contributed by atoms with Crippen molar-refractivity contribution >= 4 is 5.52 Å². The molecule has 0 amide bonds. The van der Waals surface area contributed by atoms with E-state index in [1.165, 1.54) is 24.1 Å². The second-order valence-corrected chi connectivity index (χ2v) is 4.14. The Morgan fingerprint density at radius 2 is 2.07 bits per heavy atom. The van der Waals surface area contributed by atoms with Gasteiger partial charge in [0.1, 0.15) is 0 Å². The molecule has 3 heterocycles. The quantitative estimate of drug-likeness (QED) is 0.762. The first kappa shape index (κ1) is 8.92. The van der Waals surface area contributed by atoms with Crippen molar-refractivity contribution in [2.24, 2.45) is 0 Å². The van der Waals surface area contributed by atoms with Crippen LogP contribution in [0.4, 0.5) is 0 Å². The number of fused-ring (bicyclic) bond motifs is 1. The van der Waals surface area contributed by atoms with Crippen molar-refractivity contribution in [2.45, 2.75) is 18.8 Å². The van der Waals surface area contributed by atoms with E-state index in [2.05, 4.69) is 39.2 Å². The van der Waals surface area contributed by atoms with E-state index in [1.54, 1.807) is 0 Å². The van der Waals surface area contributed by atoms with Crippen LogP contribution in [-0.4, -0.2) is 22.7 Å². The van der Waals surface area contributed by atoms with Gasteiger partial charge in [-0.3, -0.25) is 0 Å². The summed E-state index contributed by atoms with van der Waals surface area (Å²) in [6, 6.07) is 8.51. The highest BCUT2D eigenvalue weighted by atomic mass is 15.2. The SMILES string of the molecule is c1cc(C2CCNCC2)n2nccc2c1. The van der Waals surface area contributed by atoms with E-state index in [0.29, 0.717) is 5.92 Å². The predicted octanol–water partition coefficient (Wildman–Crippen LogP) is 1.80. The second kappa shape index (κ2) is 3.66. The Labute approximate surface area is 89.1 Å². The molecule has 0 radical (unpaired) electrons. The third-order valence-electron chi connectivity index (χ3n) is 3.21. The van der Waals surface area contributed by atoms with Crippen molar-refractivity contribution in [1.82, 2.24) is 14.9 Å². The van der Waals surface area contributed by atoms with Gasteiger partial charge in [-0.25, -0.2) is 4.52 Å². The molecule has 78 valence electrons. The first-order valence-corrected chi connectivity index (χ1v) is 5.58. The summed E-state index contributed by atoms with van der Waals surface area (Å²) in [7, 11) is 0. The minimum absolute atomic E-state index is 0.662. The van der Waals surface area contributed by atoms with Crippen molar-refractivity contribution in [3.05, 3.63) is 36.2 Å². The number of nitrogens with one attached hydrogen (secondary N) is 1. The first-order chi connectivity index (χ1) is 7.45. The minimum atomic E-state index is 0.662. The smallest absolute Gasteiger partial charge is 0.0664 e. The van der Waals surface area contributed by atoms with Crippen molar-refractivity contribution in [3.63, 3.8) is 0 Å². The van der Waals surface area contributed by atoms with Gasteiger partial charge in [-0.15, -0.1) is 0 Å². The Bertz CT molecular complexity index is 455. The third kappa shape index (κ3) is 1.53. The average molecular weight is 201 g/mol. The fourth-order valence-corrected chi connectivity index (χ4v) is 2.40. The number of aromatic nitrogens is 2. The highest BCUT2D eigenvalue weighted by molar-refractivity contribution is 5.46. The number of hydrogen-bond donors (Lipinski definition) is 1. The highest BCUT2D eigenvalue weighted by Gasteiger charge is 2.17. The third-order valence-corrected chi connectivity index (χ3v) is 3.21. The molecule has 3 heteroatoms. The van der Waals surface area contributed by atoms with Gasteiger partial charge in [-0.2, -0.15) is 5.10 Å². The van der Waals surface area contributed by atoms with E-state index in [1.807, 2.05) is 6.20 Å². The van der Waals surface area contributed by atoms with E-state index in [9.17, 15) is 0 Å². The zero-order chi connectivity index (χ0) is 10.1. The fourth-order valence-electron chi connectivity index (χ4n) is 2.40. The molecule has 1 N–H and O–H groups in total. The predicted molar refractivity (Wildman–Crippen MR) is 60.0 cm³/mol. The monoisotopic (exact) mass is 201 g/mol. The first-order valence-electron chi connectivity index (χ1n) is 5.58. The summed E-state index contributed by atoms with van der Waals surface area (Å²) in [5.41, 5.74) is 2.56. The molecule has 0 atom stereocenters. The Balaban J connectivity index is 2.05. The van der Waals surface area contributed by atoms with Gasteiger partial charge in [0, 0.05) is 17.8 Å². The lowest BCUT2D eigenvalue weighted by Gasteiger charge is -2.23. The zero-order valence-corrected chi connectivity index (χ0v) is 8.69. The molecule has 0 bridgehead atoms. The Hall–Kier alpha value is -1.35. The van der Waals surface area contributed by atoms with Gasteiger partial charge in [0.25, 0.3) is 0 Å². The molecular formula is C12H15N3. The highest BCUT2D eigenvalue weighted by Crippen LogP contribution is 2.25. The van der Waals surface area contributed by atoms with Crippen molar-refractivity contribution < 1.29 is 0 Å². The van der Waals surface area contributed by atoms with Crippen molar-refractivity contribution in [3.8, 4) is 0 Å². The molecule has 3 nitrogen and oxygen atoms in total. The number of nitrogens with zero attached hydrogens (tertiary/aromatic N) is 2. The van der Waals surface area contributed by atoms with Crippen molar-refractivity contribution in [1.29, 1.82) is 0 Å². The van der Waals surface area contributed by atoms with E-state index in [0.717, 1.165) is 13.1 Å². The molecule has 15 heavy (non-hydrogen) atoms. The Morgan fingerprint density at radius 3 is 2.93 bits per heavy atom. The van der Waals surface area contributed by atoms with E-state index in [4.69, 9.17) is 0 Å². The van der Waals surface area contributed by atoms with E-state index >= 15 is 0 Å². The van der Waals surface area contributed by atoms with Gasteiger partial charge in [-0.05, 0) is 44.1 Å². The van der Waals surface area contributed by atoms with Crippen molar-refractivity contribution in [2.75, 3.05) is 13.1 Å². The summed E-state index contributed by atoms with van der Waals surface area (Å²) in [5.74, 6) is 0.662. The van der Waals surface area contributed by atoms with Gasteiger partial charge in [0.05, 0.1) is 5.52 Å². The van der Waals surface area contributed by atoms with Crippen LogP contribution in [0.1, 0.15) is 24.5 Å². The largest absolute Gasteiger partial charge is 0.317 e. The van der Waals surface area contributed by atoms with Crippen LogP contribution < -0.4 is 5.32 Å². The lowest BCUT2D eigenvalue weighted by atomic mass is 9.94. The molecule has 2 aromatic rings. The van der Waals surface area contributed by atoms with Gasteiger partial charge >= 0.3 is 0 Å². The van der Waals surface area contributed by atoms with E-state index < -0.39 is 0 Å². The summed E-state index contributed by atoms with van der Waals surface area (Å²) >= 11 is 0. The van der Waals surface area contributed by atoms with Crippen LogP contribution in [0.25, 0.3) is 5.52 Å². The zero-order valence-electron chi connectivity index (χ0n) is 8.69. The molecule has 2 aromatic heterocycles. The van der Waals surface area contributed by atoms with Crippen LogP contribution in [0.3, 0.4) is 0 Å². The number of rotatable bonds is 1. The lowest BCUT2D eigenvalue weighted by molar-refractivity contribution is 0.447. The summed E-state index contributed by atoms with van der Waals surface area (Å²) in [4.78, 5) is 0. The van der Waals surface area contributed by atoms with Gasteiger partial charge in [0.15, 0.2) is 0 Å². The molecular weight excluding hydrogens is 186 g/mol. The molecule has 1 saturated heterocycles. The van der Waals surface area contributed by atoms with Crippen LogP contribution in [0, 0.1) is 0 Å². The Kier molecular flexibility index (Phi) is 2.18. The van der Waals surface area contributed by atoms with Gasteiger partial charge in [-0.1, -0.05) is 6.07 Å². The molecule has 1 aliphatic heterocycles. The van der Waals surface area contributed by atoms with Crippen LogP contribution in [0.5, 0.6) is 0 Å². The molecule has 0 spiro atoms. The van der Waals surface area contributed by atoms with Crippen LogP contribution >= 0.6 is 0 Å². The number of pyridine rings is 1. The Morgan fingerprint density at radius 1 is 1.20 bits per heavy atom. The summed E-state index contributed by atoms with van der Waals surface area (Å²) < 4.78 is 2.08. The normalized spacial score (nSPS) is 18.4. The van der Waals surface area contributed by atoms with Crippen LogP contribution in [0.2, 0.25) is 0 Å². The molecule has 3 rings (SSSR count). The van der Waals surface area contributed by atoms with Gasteiger partial charge < -0.3 is 5.32 Å². The molecule has 0 aromatic carbocycles. The average Bonchev–Trinajstić information content (AvgIpc) is 2.78. The maximum absolute atomic E-state index is 4.39. The maximum Gasteiger partial charge on any atom is 0.0664 e. The van der Waals surface area contributed by atoms with E-state index in [-0.39, 0.29) is 0 Å². The lowest BCUT2D eigenvalue weighted by Crippen LogP contribution is -2.27. The summed E-state index contributed by atoms with van der Waals surface area (Å²) in [6.45, 7) is 2.25. The molecule has 1 aliphatic rings. The fraction of sp³-hybridized carbons (Fsp3) is 0.417. The standard InChI is InChI=1S/C12H15N3/c1-2-11-6-9-14-15(11)12(3-1)10-4-7-13-8-5-10/h1-3,6,9-10,13H,4-5,7-8H2. The molecule has 0 saturated carbocycles.